The highest BCUT2D eigenvalue weighted by atomic mass is 16.5. The third-order valence-corrected chi connectivity index (χ3v) is 3.40. The predicted molar refractivity (Wildman–Crippen MR) is 73.3 cm³/mol. The first-order valence-corrected chi connectivity index (χ1v) is 6.20. The number of benzene rings is 1. The molecule has 2 rings (SSSR count). The predicted octanol–water partition coefficient (Wildman–Crippen LogP) is 2.92. The molecule has 0 aliphatic rings. The SMILES string of the molecule is CC(=O)C(C)OC(=O)c1ccc2[nH]c(C)c(C)c2c1. The smallest absolute Gasteiger partial charge is 0.338 e. The maximum Gasteiger partial charge on any atom is 0.338 e. The summed E-state index contributed by atoms with van der Waals surface area (Å²) in [7, 11) is 0. The number of aromatic amines is 1. The van der Waals surface area contributed by atoms with E-state index in [1.807, 2.05) is 19.9 Å². The number of esters is 1. The van der Waals surface area contributed by atoms with Crippen LogP contribution in [0.1, 0.15) is 35.5 Å². The molecule has 0 saturated carbocycles. The fourth-order valence-corrected chi connectivity index (χ4v) is 1.90. The highest BCUT2D eigenvalue weighted by Crippen LogP contribution is 2.22. The number of aryl methyl sites for hydroxylation is 2. The average molecular weight is 259 g/mol. The quantitative estimate of drug-likeness (QED) is 0.862. The van der Waals surface area contributed by atoms with Gasteiger partial charge in [-0.3, -0.25) is 4.79 Å². The molecule has 1 N–H and O–H groups in total. The molecule has 0 aliphatic carbocycles. The second-order valence-corrected chi connectivity index (χ2v) is 4.79. The minimum atomic E-state index is -0.711. The number of H-pyrrole nitrogens is 1. The lowest BCUT2D eigenvalue weighted by molar-refractivity contribution is -0.124. The van der Waals surface area contributed by atoms with Crippen LogP contribution in [-0.2, 0) is 9.53 Å². The third kappa shape index (κ3) is 2.52. The molecule has 1 heterocycles. The summed E-state index contributed by atoms with van der Waals surface area (Å²) in [6.07, 6.45) is -0.711. The molecule has 100 valence electrons. The van der Waals surface area contributed by atoms with Crippen LogP contribution >= 0.6 is 0 Å². The molecule has 0 radical (unpaired) electrons. The summed E-state index contributed by atoms with van der Waals surface area (Å²) in [6, 6.07) is 5.35. The van der Waals surface area contributed by atoms with Gasteiger partial charge in [-0.2, -0.15) is 0 Å². The first kappa shape index (κ1) is 13.3. The number of rotatable bonds is 3. The summed E-state index contributed by atoms with van der Waals surface area (Å²) in [6.45, 7) is 6.97. The minimum absolute atomic E-state index is 0.164. The number of nitrogens with one attached hydrogen (secondary N) is 1. The number of ketones is 1. The van der Waals surface area contributed by atoms with Crippen molar-refractivity contribution in [1.82, 2.24) is 4.98 Å². The summed E-state index contributed by atoms with van der Waals surface area (Å²) in [5.41, 5.74) is 3.65. The number of hydrogen-bond donors (Lipinski definition) is 1. The number of carbonyl (C=O) groups excluding carboxylic acids is 2. The van der Waals surface area contributed by atoms with Crippen molar-refractivity contribution < 1.29 is 14.3 Å². The molecule has 19 heavy (non-hydrogen) atoms. The molecule has 4 heteroatoms. The van der Waals surface area contributed by atoms with E-state index < -0.39 is 12.1 Å². The fraction of sp³-hybridized carbons (Fsp3) is 0.333. The molecule has 0 bridgehead atoms. The number of fused-ring (bicyclic) bond motifs is 1. The lowest BCUT2D eigenvalue weighted by atomic mass is 10.1. The van der Waals surface area contributed by atoms with Crippen molar-refractivity contribution in [3.63, 3.8) is 0 Å². The van der Waals surface area contributed by atoms with Gasteiger partial charge in [-0.15, -0.1) is 0 Å². The van der Waals surface area contributed by atoms with E-state index in [-0.39, 0.29) is 5.78 Å². The summed E-state index contributed by atoms with van der Waals surface area (Å²) in [5, 5.41) is 1.00. The van der Waals surface area contributed by atoms with Crippen LogP contribution in [0.5, 0.6) is 0 Å². The Balaban J connectivity index is 2.33. The summed E-state index contributed by atoms with van der Waals surface area (Å²) in [4.78, 5) is 26.3. The molecule has 1 aromatic carbocycles. The number of Topliss-reactive ketones (excluding diaryl/α,β-unsaturated/α-hetero) is 1. The van der Waals surface area contributed by atoms with Crippen LogP contribution in [0.3, 0.4) is 0 Å². The van der Waals surface area contributed by atoms with E-state index in [1.165, 1.54) is 6.92 Å². The molecule has 0 saturated heterocycles. The van der Waals surface area contributed by atoms with E-state index in [0.717, 1.165) is 22.2 Å². The second-order valence-electron chi connectivity index (χ2n) is 4.79. The Morgan fingerprint density at radius 2 is 1.95 bits per heavy atom. The normalized spacial score (nSPS) is 12.4. The summed E-state index contributed by atoms with van der Waals surface area (Å²) >= 11 is 0. The molecule has 0 aliphatic heterocycles. The first-order chi connectivity index (χ1) is 8.90. The van der Waals surface area contributed by atoms with E-state index in [0.29, 0.717) is 5.56 Å². The maximum absolute atomic E-state index is 11.9. The van der Waals surface area contributed by atoms with Crippen molar-refractivity contribution in [3.05, 3.63) is 35.0 Å². The highest BCUT2D eigenvalue weighted by molar-refractivity contribution is 5.97. The lowest BCUT2D eigenvalue weighted by Crippen LogP contribution is -2.21. The van der Waals surface area contributed by atoms with Crippen LogP contribution in [0.2, 0.25) is 0 Å². The molecule has 4 nitrogen and oxygen atoms in total. The van der Waals surface area contributed by atoms with Crippen LogP contribution in [-0.4, -0.2) is 22.8 Å². The van der Waals surface area contributed by atoms with E-state index in [1.54, 1.807) is 19.1 Å². The van der Waals surface area contributed by atoms with Crippen LogP contribution in [0.15, 0.2) is 18.2 Å². The van der Waals surface area contributed by atoms with E-state index >= 15 is 0 Å². The Labute approximate surface area is 111 Å². The van der Waals surface area contributed by atoms with Crippen molar-refractivity contribution >= 4 is 22.7 Å². The summed E-state index contributed by atoms with van der Waals surface area (Å²) in [5.74, 6) is -0.633. The molecule has 0 amide bonds. The largest absolute Gasteiger partial charge is 0.451 e. The lowest BCUT2D eigenvalue weighted by Gasteiger charge is -2.09. The zero-order valence-corrected chi connectivity index (χ0v) is 11.5. The molecule has 1 unspecified atom stereocenters. The second kappa shape index (κ2) is 4.88. The van der Waals surface area contributed by atoms with Crippen LogP contribution in [0.4, 0.5) is 0 Å². The van der Waals surface area contributed by atoms with Gasteiger partial charge in [0.05, 0.1) is 5.56 Å². The maximum atomic E-state index is 11.9. The van der Waals surface area contributed by atoms with E-state index in [2.05, 4.69) is 4.98 Å². The van der Waals surface area contributed by atoms with Gasteiger partial charge in [0, 0.05) is 16.6 Å². The van der Waals surface area contributed by atoms with Crippen molar-refractivity contribution in [3.8, 4) is 0 Å². The summed E-state index contributed by atoms with van der Waals surface area (Å²) < 4.78 is 5.09. The number of ether oxygens (including phenoxy) is 1. The topological polar surface area (TPSA) is 59.2 Å². The molecule has 1 atom stereocenters. The zero-order chi connectivity index (χ0) is 14.2. The molecule has 0 fully saturated rings. The fourth-order valence-electron chi connectivity index (χ4n) is 1.90. The molecule has 1 aromatic heterocycles. The Morgan fingerprint density at radius 3 is 2.58 bits per heavy atom. The van der Waals surface area contributed by atoms with Gasteiger partial charge in [0.25, 0.3) is 0 Å². The zero-order valence-electron chi connectivity index (χ0n) is 11.5. The van der Waals surface area contributed by atoms with Gasteiger partial charge in [0.1, 0.15) is 0 Å². The van der Waals surface area contributed by atoms with Crippen LogP contribution < -0.4 is 0 Å². The van der Waals surface area contributed by atoms with Gasteiger partial charge < -0.3 is 9.72 Å². The Bertz CT molecular complexity index is 655. The van der Waals surface area contributed by atoms with E-state index in [9.17, 15) is 9.59 Å². The van der Waals surface area contributed by atoms with Gasteiger partial charge in [0.2, 0.25) is 0 Å². The van der Waals surface area contributed by atoms with Gasteiger partial charge >= 0.3 is 5.97 Å². The van der Waals surface area contributed by atoms with Crippen molar-refractivity contribution in [1.29, 1.82) is 0 Å². The minimum Gasteiger partial charge on any atom is -0.451 e. The molecule has 2 aromatic rings. The Hall–Kier alpha value is -2.10. The average Bonchev–Trinajstić information content (AvgIpc) is 2.64. The van der Waals surface area contributed by atoms with Crippen LogP contribution in [0, 0.1) is 13.8 Å². The van der Waals surface area contributed by atoms with Crippen molar-refractivity contribution in [2.45, 2.75) is 33.8 Å². The number of carbonyl (C=O) groups is 2. The van der Waals surface area contributed by atoms with Gasteiger partial charge in [-0.05, 0) is 51.5 Å². The first-order valence-electron chi connectivity index (χ1n) is 6.20. The number of aromatic nitrogens is 1. The number of hydrogen-bond acceptors (Lipinski definition) is 3. The van der Waals surface area contributed by atoms with Crippen LogP contribution in [0.25, 0.3) is 10.9 Å². The Kier molecular flexibility index (Phi) is 3.42. The van der Waals surface area contributed by atoms with E-state index in [4.69, 9.17) is 4.74 Å². The molecule has 0 spiro atoms. The van der Waals surface area contributed by atoms with Crippen molar-refractivity contribution in [2.75, 3.05) is 0 Å². The standard InChI is InChI=1S/C15H17NO3/c1-8-9(2)16-14-6-5-12(7-13(8)14)15(18)19-11(4)10(3)17/h5-7,11,16H,1-4H3. The van der Waals surface area contributed by atoms with Gasteiger partial charge in [0.15, 0.2) is 11.9 Å². The highest BCUT2D eigenvalue weighted by Gasteiger charge is 2.16. The molecular formula is C15H17NO3. The van der Waals surface area contributed by atoms with Gasteiger partial charge in [-0.25, -0.2) is 4.79 Å². The van der Waals surface area contributed by atoms with Gasteiger partial charge in [-0.1, -0.05) is 0 Å². The monoisotopic (exact) mass is 259 g/mol. The van der Waals surface area contributed by atoms with Crippen molar-refractivity contribution in [2.24, 2.45) is 0 Å². The molecular weight excluding hydrogens is 242 g/mol. The Morgan fingerprint density at radius 1 is 1.26 bits per heavy atom. The third-order valence-electron chi connectivity index (χ3n) is 3.40.